The number of hydrogen-bond acceptors (Lipinski definition) is 4. The van der Waals surface area contributed by atoms with Crippen LogP contribution in [0, 0.1) is 0 Å². The second kappa shape index (κ2) is 13.7. The van der Waals surface area contributed by atoms with Gasteiger partial charge in [-0.2, -0.15) is 0 Å². The molecule has 7 nitrogen and oxygen atoms in total. The van der Waals surface area contributed by atoms with Crippen LogP contribution in [0.25, 0.3) is 0 Å². The van der Waals surface area contributed by atoms with E-state index in [1.54, 1.807) is 19.1 Å². The van der Waals surface area contributed by atoms with Crippen molar-refractivity contribution in [1.29, 1.82) is 0 Å². The van der Waals surface area contributed by atoms with Crippen LogP contribution in [-0.2, 0) is 9.53 Å². The molecule has 0 aliphatic carbocycles. The Labute approximate surface area is 163 Å². The van der Waals surface area contributed by atoms with E-state index in [4.69, 9.17) is 4.74 Å². The van der Waals surface area contributed by atoms with Gasteiger partial charge in [-0.15, -0.1) is 24.0 Å². The molecule has 1 fully saturated rings. The van der Waals surface area contributed by atoms with Crippen LogP contribution in [0.2, 0.25) is 0 Å². The van der Waals surface area contributed by atoms with Crippen molar-refractivity contribution in [3.8, 4) is 0 Å². The summed E-state index contributed by atoms with van der Waals surface area (Å²) in [6.45, 7) is 4.41. The molecule has 0 aromatic carbocycles. The summed E-state index contributed by atoms with van der Waals surface area (Å²) in [5.74, 6) is 1.05. The molecule has 0 aromatic rings. The van der Waals surface area contributed by atoms with Crippen molar-refractivity contribution in [1.82, 2.24) is 20.4 Å². The van der Waals surface area contributed by atoms with Crippen molar-refractivity contribution < 1.29 is 9.53 Å². The fourth-order valence-electron chi connectivity index (χ4n) is 2.80. The first-order valence-corrected chi connectivity index (χ1v) is 8.48. The second-order valence-corrected chi connectivity index (χ2v) is 6.05. The monoisotopic (exact) mass is 455 g/mol. The Hall–Kier alpha value is -0.610. The summed E-state index contributed by atoms with van der Waals surface area (Å²) in [7, 11) is 7.15. The minimum Gasteiger partial charge on any atom is -0.385 e. The fraction of sp³-hybridized carbons (Fsp3) is 0.875. The van der Waals surface area contributed by atoms with Gasteiger partial charge in [-0.1, -0.05) is 0 Å². The summed E-state index contributed by atoms with van der Waals surface area (Å²) in [5.41, 5.74) is 0. The quantitative estimate of drug-likeness (QED) is 0.233. The van der Waals surface area contributed by atoms with E-state index in [1.165, 1.54) is 0 Å². The lowest BCUT2D eigenvalue weighted by atomic mass is 10.2. The maximum atomic E-state index is 12.1. The van der Waals surface area contributed by atoms with Gasteiger partial charge in [0.25, 0.3) is 0 Å². The minimum atomic E-state index is 0. The summed E-state index contributed by atoms with van der Waals surface area (Å²) < 4.78 is 5.02. The van der Waals surface area contributed by atoms with Crippen LogP contribution in [0.5, 0.6) is 0 Å². The summed E-state index contributed by atoms with van der Waals surface area (Å²) in [5, 5.41) is 6.57. The minimum absolute atomic E-state index is 0. The Morgan fingerprint density at radius 2 is 1.96 bits per heavy atom. The molecule has 0 bridgehead atoms. The van der Waals surface area contributed by atoms with E-state index in [-0.39, 0.29) is 35.9 Å². The van der Waals surface area contributed by atoms with Gasteiger partial charge in [0.05, 0.1) is 6.04 Å². The normalized spacial score (nSPS) is 18.2. The largest absolute Gasteiger partial charge is 0.385 e. The maximum Gasteiger partial charge on any atom is 0.239 e. The van der Waals surface area contributed by atoms with Crippen molar-refractivity contribution in [2.75, 3.05) is 61.0 Å². The molecule has 1 unspecified atom stereocenters. The zero-order valence-corrected chi connectivity index (χ0v) is 17.8. The fourth-order valence-corrected chi connectivity index (χ4v) is 2.80. The maximum absolute atomic E-state index is 12.1. The molecule has 0 saturated carbocycles. The van der Waals surface area contributed by atoms with E-state index in [0.29, 0.717) is 0 Å². The Balaban J connectivity index is 0.00000529. The predicted molar refractivity (Wildman–Crippen MR) is 109 cm³/mol. The highest BCUT2D eigenvalue weighted by atomic mass is 127. The smallest absolute Gasteiger partial charge is 0.239 e. The van der Waals surface area contributed by atoms with E-state index in [1.807, 2.05) is 14.1 Å². The molecule has 1 aliphatic rings. The number of likely N-dealkylation sites (N-methyl/N-ethyl adjacent to an activating group) is 1. The molecular weight excluding hydrogens is 421 g/mol. The molecule has 1 rings (SSSR count). The SMILES string of the molecule is CN=C(NCCCOC)NCCCN1CCCC1C(=O)N(C)C.I. The Kier molecular flexibility index (Phi) is 13.3. The number of likely N-dealkylation sites (tertiary alicyclic amines) is 1. The highest BCUT2D eigenvalue weighted by Gasteiger charge is 2.30. The average molecular weight is 455 g/mol. The van der Waals surface area contributed by atoms with Crippen LogP contribution in [0.1, 0.15) is 25.7 Å². The topological polar surface area (TPSA) is 69.2 Å². The van der Waals surface area contributed by atoms with E-state index in [9.17, 15) is 4.79 Å². The molecule has 1 saturated heterocycles. The van der Waals surface area contributed by atoms with Gasteiger partial charge in [0.2, 0.25) is 5.91 Å². The van der Waals surface area contributed by atoms with Crippen LogP contribution in [-0.4, -0.2) is 88.7 Å². The highest BCUT2D eigenvalue weighted by molar-refractivity contribution is 14.0. The number of nitrogens with one attached hydrogen (secondary N) is 2. The molecule has 1 amide bonds. The molecule has 0 spiro atoms. The molecule has 1 aliphatic heterocycles. The summed E-state index contributed by atoms with van der Waals surface area (Å²) in [4.78, 5) is 20.3. The third-order valence-corrected chi connectivity index (χ3v) is 4.05. The lowest BCUT2D eigenvalue weighted by Gasteiger charge is -2.26. The standard InChI is InChI=1S/C16H33N5O2.HI/c1-17-16(19-10-7-13-23-4)18-9-6-12-21-11-5-8-14(21)15(22)20(2)3;/h14H,5-13H2,1-4H3,(H2,17,18,19);1H. The van der Waals surface area contributed by atoms with Gasteiger partial charge < -0.3 is 20.3 Å². The first kappa shape index (κ1) is 23.4. The number of guanidine groups is 1. The number of ether oxygens (including phenoxy) is 1. The van der Waals surface area contributed by atoms with Crippen LogP contribution in [0.4, 0.5) is 0 Å². The van der Waals surface area contributed by atoms with Gasteiger partial charge >= 0.3 is 0 Å². The van der Waals surface area contributed by atoms with Crippen molar-refractivity contribution >= 4 is 35.8 Å². The highest BCUT2D eigenvalue weighted by Crippen LogP contribution is 2.18. The Morgan fingerprint density at radius 3 is 2.54 bits per heavy atom. The number of nitrogens with zero attached hydrogens (tertiary/aromatic N) is 3. The van der Waals surface area contributed by atoms with Crippen molar-refractivity contribution in [2.45, 2.75) is 31.7 Å². The van der Waals surface area contributed by atoms with Gasteiger partial charge in [0.15, 0.2) is 5.96 Å². The van der Waals surface area contributed by atoms with Gasteiger partial charge in [-0.25, -0.2) is 0 Å². The molecule has 1 atom stereocenters. The van der Waals surface area contributed by atoms with Crippen molar-refractivity contribution in [3.63, 3.8) is 0 Å². The molecular formula is C16H34IN5O2. The number of halogens is 1. The Morgan fingerprint density at radius 1 is 1.29 bits per heavy atom. The van der Waals surface area contributed by atoms with Gasteiger partial charge in [0, 0.05) is 54.5 Å². The van der Waals surface area contributed by atoms with Crippen molar-refractivity contribution in [3.05, 3.63) is 0 Å². The zero-order chi connectivity index (χ0) is 17.1. The van der Waals surface area contributed by atoms with Gasteiger partial charge in [0.1, 0.15) is 0 Å². The van der Waals surface area contributed by atoms with Crippen LogP contribution >= 0.6 is 24.0 Å². The molecule has 1 heterocycles. The van der Waals surface area contributed by atoms with Crippen LogP contribution in [0.15, 0.2) is 4.99 Å². The lowest BCUT2D eigenvalue weighted by molar-refractivity contribution is -0.133. The van der Waals surface area contributed by atoms with Gasteiger partial charge in [-0.3, -0.25) is 14.7 Å². The van der Waals surface area contributed by atoms with Crippen LogP contribution in [0.3, 0.4) is 0 Å². The van der Waals surface area contributed by atoms with Gasteiger partial charge in [-0.05, 0) is 32.2 Å². The molecule has 142 valence electrons. The third-order valence-electron chi connectivity index (χ3n) is 4.05. The molecule has 2 N–H and O–H groups in total. The van der Waals surface area contributed by atoms with Crippen molar-refractivity contribution in [2.24, 2.45) is 4.99 Å². The molecule has 0 aromatic heterocycles. The van der Waals surface area contributed by atoms with Crippen LogP contribution < -0.4 is 10.6 Å². The van der Waals surface area contributed by atoms with E-state index >= 15 is 0 Å². The van der Waals surface area contributed by atoms with E-state index in [0.717, 1.165) is 64.4 Å². The molecule has 0 radical (unpaired) electrons. The number of hydrogen-bond donors (Lipinski definition) is 2. The molecule has 24 heavy (non-hydrogen) atoms. The number of rotatable bonds is 9. The van der Waals surface area contributed by atoms with E-state index < -0.39 is 0 Å². The number of methoxy groups -OCH3 is 1. The Bertz CT molecular complexity index is 379. The summed E-state index contributed by atoms with van der Waals surface area (Å²) >= 11 is 0. The zero-order valence-electron chi connectivity index (χ0n) is 15.5. The van der Waals surface area contributed by atoms with E-state index in [2.05, 4.69) is 20.5 Å². The number of carbonyl (C=O) groups is 1. The number of carbonyl (C=O) groups excluding carboxylic acids is 1. The second-order valence-electron chi connectivity index (χ2n) is 6.05. The summed E-state index contributed by atoms with van der Waals surface area (Å²) in [6.07, 6.45) is 4.04. The lowest BCUT2D eigenvalue weighted by Crippen LogP contribution is -2.44. The predicted octanol–water partition coefficient (Wildman–Crippen LogP) is 0.749. The third kappa shape index (κ3) is 8.48. The first-order valence-electron chi connectivity index (χ1n) is 8.48. The number of amides is 1. The summed E-state index contributed by atoms with van der Waals surface area (Å²) in [6, 6.07) is 0.0662. The number of aliphatic imine (C=N–C) groups is 1. The average Bonchev–Trinajstić information content (AvgIpc) is 3.00. The first-order chi connectivity index (χ1) is 11.1. The molecule has 8 heteroatoms.